The maximum atomic E-state index is 6.36. The second kappa shape index (κ2) is 8.50. The highest BCUT2D eigenvalue weighted by Gasteiger charge is 2.22. The molecule has 0 spiro atoms. The molecule has 0 atom stereocenters. The van der Waals surface area contributed by atoms with Crippen LogP contribution in [-0.2, 0) is 19.4 Å². The summed E-state index contributed by atoms with van der Waals surface area (Å²) in [7, 11) is 0. The summed E-state index contributed by atoms with van der Waals surface area (Å²) in [6.07, 6.45) is 3.15. The van der Waals surface area contributed by atoms with Gasteiger partial charge in [-0.15, -0.1) is 0 Å². The largest absolute Gasteiger partial charge is 0.489 e. The number of halogens is 1. The zero-order valence-electron chi connectivity index (χ0n) is 16.9. The molecule has 0 bridgehead atoms. The van der Waals surface area contributed by atoms with Crippen LogP contribution in [0, 0.1) is 0 Å². The maximum Gasteiger partial charge on any atom is 0.145 e. The van der Waals surface area contributed by atoms with Crippen molar-refractivity contribution in [2.75, 3.05) is 5.73 Å². The van der Waals surface area contributed by atoms with Crippen molar-refractivity contribution >= 4 is 21.6 Å². The molecule has 3 aromatic rings. The van der Waals surface area contributed by atoms with Crippen molar-refractivity contribution in [3.63, 3.8) is 0 Å². The van der Waals surface area contributed by atoms with Crippen molar-refractivity contribution in [1.29, 1.82) is 0 Å². The Morgan fingerprint density at radius 1 is 1.00 bits per heavy atom. The lowest BCUT2D eigenvalue weighted by atomic mass is 10.0. The number of nitrogen functional groups attached to an aromatic ring is 1. The molecule has 1 aliphatic carbocycles. The summed E-state index contributed by atoms with van der Waals surface area (Å²) in [6.45, 7) is 4.90. The molecule has 4 rings (SSSR count). The van der Waals surface area contributed by atoms with Crippen molar-refractivity contribution in [3.8, 4) is 17.2 Å². The lowest BCUT2D eigenvalue weighted by Crippen LogP contribution is -2.01. The molecule has 0 radical (unpaired) electrons. The van der Waals surface area contributed by atoms with E-state index in [1.165, 1.54) is 11.1 Å². The van der Waals surface area contributed by atoms with Crippen molar-refractivity contribution in [3.05, 3.63) is 81.3 Å². The molecule has 3 aromatic carbocycles. The number of rotatable bonds is 6. The first-order chi connectivity index (χ1) is 14.0. The van der Waals surface area contributed by atoms with Gasteiger partial charge in [0.15, 0.2) is 0 Å². The van der Waals surface area contributed by atoms with Crippen LogP contribution in [0.2, 0.25) is 0 Å². The zero-order valence-corrected chi connectivity index (χ0v) is 18.5. The van der Waals surface area contributed by atoms with E-state index < -0.39 is 0 Å². The molecule has 0 heterocycles. The average molecular weight is 452 g/mol. The van der Waals surface area contributed by atoms with Gasteiger partial charge in [-0.2, -0.15) is 0 Å². The molecular formula is C25H26BrNO2. The molecule has 150 valence electrons. The van der Waals surface area contributed by atoms with Crippen molar-refractivity contribution in [1.82, 2.24) is 0 Å². The standard InChI is InChI=1S/C25H26BrNO2/c1-16(2)21-13-18(11-12-24(21)28-15-17-7-4-3-5-8-17)29-25-20-10-6-9-19(20)23(27)14-22(25)26/h3-5,7-8,11-14,16H,6,9-10,15,27H2,1-2H3. The van der Waals surface area contributed by atoms with Crippen molar-refractivity contribution < 1.29 is 9.47 Å². The second-order valence-electron chi connectivity index (χ2n) is 7.82. The van der Waals surface area contributed by atoms with Gasteiger partial charge in [-0.3, -0.25) is 0 Å². The van der Waals surface area contributed by atoms with Crippen LogP contribution >= 0.6 is 15.9 Å². The van der Waals surface area contributed by atoms with Gasteiger partial charge < -0.3 is 15.2 Å². The summed E-state index contributed by atoms with van der Waals surface area (Å²) in [5, 5.41) is 0. The van der Waals surface area contributed by atoms with Crippen LogP contribution in [0.5, 0.6) is 17.2 Å². The SMILES string of the molecule is CC(C)c1cc(Oc2c(Br)cc(N)c3c2CCC3)ccc1OCc1ccccc1. The number of fused-ring (bicyclic) bond motifs is 1. The van der Waals surface area contributed by atoms with Crippen LogP contribution in [0.15, 0.2) is 59.1 Å². The lowest BCUT2D eigenvalue weighted by Gasteiger charge is -2.18. The Hall–Kier alpha value is -2.46. The minimum Gasteiger partial charge on any atom is -0.489 e. The van der Waals surface area contributed by atoms with Crippen LogP contribution in [0.3, 0.4) is 0 Å². The summed E-state index contributed by atoms with van der Waals surface area (Å²) in [5.74, 6) is 2.93. The lowest BCUT2D eigenvalue weighted by molar-refractivity contribution is 0.301. The second-order valence-corrected chi connectivity index (χ2v) is 8.67. The summed E-state index contributed by atoms with van der Waals surface area (Å²) in [4.78, 5) is 0. The first kappa shape index (κ1) is 19.8. The molecule has 29 heavy (non-hydrogen) atoms. The van der Waals surface area contributed by atoms with Crippen LogP contribution < -0.4 is 15.2 Å². The first-order valence-electron chi connectivity index (χ1n) is 10.1. The van der Waals surface area contributed by atoms with Gasteiger partial charge in [-0.05, 0) is 76.5 Å². The Bertz CT molecular complexity index is 1020. The Kier molecular flexibility index (Phi) is 5.81. The fourth-order valence-electron chi connectivity index (χ4n) is 3.88. The Morgan fingerprint density at radius 2 is 1.76 bits per heavy atom. The smallest absolute Gasteiger partial charge is 0.145 e. The number of benzene rings is 3. The minimum absolute atomic E-state index is 0.324. The third-order valence-electron chi connectivity index (χ3n) is 5.40. The molecule has 0 saturated heterocycles. The number of anilines is 1. The first-order valence-corrected chi connectivity index (χ1v) is 10.9. The highest BCUT2D eigenvalue weighted by Crippen LogP contribution is 2.43. The molecule has 0 aromatic heterocycles. The van der Waals surface area contributed by atoms with Gasteiger partial charge in [-0.1, -0.05) is 44.2 Å². The van der Waals surface area contributed by atoms with Gasteiger partial charge in [0.05, 0.1) is 4.47 Å². The van der Waals surface area contributed by atoms with Crippen LogP contribution in [0.25, 0.3) is 0 Å². The summed E-state index contributed by atoms with van der Waals surface area (Å²) < 4.78 is 13.4. The molecule has 1 aliphatic rings. The average Bonchev–Trinajstić information content (AvgIpc) is 3.21. The Balaban J connectivity index is 1.60. The highest BCUT2D eigenvalue weighted by molar-refractivity contribution is 9.10. The molecule has 0 unspecified atom stereocenters. The molecule has 3 nitrogen and oxygen atoms in total. The van der Waals surface area contributed by atoms with Gasteiger partial charge in [0, 0.05) is 16.8 Å². The summed E-state index contributed by atoms with van der Waals surface area (Å²) >= 11 is 3.64. The predicted molar refractivity (Wildman–Crippen MR) is 122 cm³/mol. The third-order valence-corrected chi connectivity index (χ3v) is 5.99. The fourth-order valence-corrected chi connectivity index (χ4v) is 4.45. The van der Waals surface area contributed by atoms with E-state index in [9.17, 15) is 0 Å². The van der Waals surface area contributed by atoms with Gasteiger partial charge in [0.1, 0.15) is 23.9 Å². The van der Waals surface area contributed by atoms with Gasteiger partial charge >= 0.3 is 0 Å². The van der Waals surface area contributed by atoms with E-state index in [0.29, 0.717) is 12.5 Å². The van der Waals surface area contributed by atoms with Gasteiger partial charge in [0.2, 0.25) is 0 Å². The quantitative estimate of drug-likeness (QED) is 0.409. The molecule has 0 aliphatic heterocycles. The van der Waals surface area contributed by atoms with E-state index in [1.54, 1.807) is 0 Å². The number of ether oxygens (including phenoxy) is 2. The van der Waals surface area contributed by atoms with E-state index in [1.807, 2.05) is 36.4 Å². The number of hydrogen-bond donors (Lipinski definition) is 1. The minimum atomic E-state index is 0.324. The Morgan fingerprint density at radius 3 is 2.52 bits per heavy atom. The van der Waals surface area contributed by atoms with E-state index in [-0.39, 0.29) is 0 Å². The molecular weight excluding hydrogens is 426 g/mol. The highest BCUT2D eigenvalue weighted by atomic mass is 79.9. The Labute approximate surface area is 181 Å². The van der Waals surface area contributed by atoms with Crippen LogP contribution in [-0.4, -0.2) is 0 Å². The van der Waals surface area contributed by atoms with E-state index >= 15 is 0 Å². The van der Waals surface area contributed by atoms with Crippen molar-refractivity contribution in [2.45, 2.75) is 45.6 Å². The predicted octanol–water partition coefficient (Wildman–Crippen LogP) is 7.01. The number of hydrogen-bond acceptors (Lipinski definition) is 3. The topological polar surface area (TPSA) is 44.5 Å². The monoisotopic (exact) mass is 451 g/mol. The fraction of sp³-hybridized carbons (Fsp3) is 0.280. The van der Waals surface area contributed by atoms with Crippen LogP contribution in [0.4, 0.5) is 5.69 Å². The van der Waals surface area contributed by atoms with E-state index in [0.717, 1.165) is 57.8 Å². The van der Waals surface area contributed by atoms with Gasteiger partial charge in [-0.25, -0.2) is 0 Å². The summed E-state index contributed by atoms with van der Waals surface area (Å²) in [5.41, 5.74) is 11.8. The third kappa shape index (κ3) is 4.27. The van der Waals surface area contributed by atoms with Gasteiger partial charge in [0.25, 0.3) is 0 Å². The normalized spacial score (nSPS) is 12.8. The molecule has 0 fully saturated rings. The van der Waals surface area contributed by atoms with E-state index in [4.69, 9.17) is 15.2 Å². The molecule has 0 amide bonds. The molecule has 4 heteroatoms. The van der Waals surface area contributed by atoms with Crippen LogP contribution in [0.1, 0.15) is 48.4 Å². The zero-order chi connectivity index (χ0) is 20.4. The molecule has 2 N–H and O–H groups in total. The summed E-state index contributed by atoms with van der Waals surface area (Å²) in [6, 6.07) is 18.3. The van der Waals surface area contributed by atoms with Crippen molar-refractivity contribution in [2.24, 2.45) is 0 Å². The maximum absolute atomic E-state index is 6.36. The number of nitrogens with two attached hydrogens (primary N) is 1. The molecule has 0 saturated carbocycles. The van der Waals surface area contributed by atoms with E-state index in [2.05, 4.69) is 48.0 Å².